The number of methoxy groups -OCH3 is 1. The molecule has 0 aliphatic carbocycles. The van der Waals surface area contributed by atoms with Crippen LogP contribution in [0.4, 0.5) is 0 Å². The molecule has 0 amide bonds. The Kier molecular flexibility index (Phi) is 6.39. The summed E-state index contributed by atoms with van der Waals surface area (Å²) in [7, 11) is 1.70. The molecular weight excluding hydrogens is 319 g/mol. The van der Waals surface area contributed by atoms with Gasteiger partial charge in [0.2, 0.25) is 0 Å². The molecule has 3 nitrogen and oxygen atoms in total. The number of aryl methyl sites for hydroxylation is 1. The molecule has 0 aliphatic heterocycles. The Bertz CT molecular complexity index is 675. The summed E-state index contributed by atoms with van der Waals surface area (Å²) in [5.74, 6) is 0.727. The molecule has 0 heterocycles. The molecule has 24 heavy (non-hydrogen) atoms. The zero-order chi connectivity index (χ0) is 17.6. The predicted octanol–water partition coefficient (Wildman–Crippen LogP) is 4.39. The van der Waals surface area contributed by atoms with Gasteiger partial charge in [-0.2, -0.15) is 0 Å². The number of hydrogen-bond acceptors (Lipinski definition) is 3. The highest BCUT2D eigenvalue weighted by molar-refractivity contribution is 7.42. The van der Waals surface area contributed by atoms with Crippen LogP contribution in [0.5, 0.6) is 5.75 Å². The molecule has 1 atom stereocenters. The maximum atomic E-state index is 11.3. The number of benzene rings is 2. The van der Waals surface area contributed by atoms with Gasteiger partial charge in [-0.25, -0.2) is 0 Å². The second kappa shape index (κ2) is 8.30. The van der Waals surface area contributed by atoms with Gasteiger partial charge < -0.3 is 9.26 Å². The van der Waals surface area contributed by atoms with Gasteiger partial charge in [0, 0.05) is 17.3 Å². The summed E-state index contributed by atoms with van der Waals surface area (Å²) in [6.45, 7) is 6.51. The molecule has 2 aromatic rings. The summed E-state index contributed by atoms with van der Waals surface area (Å²) in [5.41, 5.74) is 2.26. The molecule has 0 aromatic heterocycles. The summed E-state index contributed by atoms with van der Waals surface area (Å²) in [4.78, 5) is 11.3. The molecule has 2 aromatic carbocycles. The van der Waals surface area contributed by atoms with Crippen molar-refractivity contribution in [2.24, 2.45) is 0 Å². The summed E-state index contributed by atoms with van der Waals surface area (Å²) in [6.07, 6.45) is 1.07. The second-order valence-electron chi connectivity index (χ2n) is 6.73. The average molecular weight is 344 g/mol. The Hall–Kier alpha value is -1.86. The molecule has 0 bridgehead atoms. The van der Waals surface area contributed by atoms with E-state index in [1.165, 1.54) is 12.4 Å². The number of hydrogen-bond donors (Lipinski definition) is 0. The van der Waals surface area contributed by atoms with Crippen molar-refractivity contribution in [2.45, 2.75) is 39.0 Å². The van der Waals surface area contributed by atoms with Crippen molar-refractivity contribution in [2.75, 3.05) is 7.11 Å². The van der Waals surface area contributed by atoms with Gasteiger partial charge in [0.25, 0.3) is 0 Å². The summed E-state index contributed by atoms with van der Waals surface area (Å²) >= 11 is 0. The zero-order valence-corrected chi connectivity index (χ0v) is 15.8. The van der Waals surface area contributed by atoms with Crippen LogP contribution in [0.25, 0.3) is 0 Å². The van der Waals surface area contributed by atoms with E-state index in [0.717, 1.165) is 16.9 Å². The molecule has 2 rings (SSSR count). The first-order valence-electron chi connectivity index (χ1n) is 8.08. The molecular formula is C20H25O3P. The number of rotatable bonds is 6. The minimum Gasteiger partial charge on any atom is -0.472 e. The summed E-state index contributed by atoms with van der Waals surface area (Å²) < 4.78 is 10.8. The fourth-order valence-electron chi connectivity index (χ4n) is 2.38. The zero-order valence-electron chi connectivity index (χ0n) is 14.8. The van der Waals surface area contributed by atoms with E-state index in [2.05, 4.69) is 39.0 Å². The fourth-order valence-corrected chi connectivity index (χ4v) is 3.11. The van der Waals surface area contributed by atoms with Crippen molar-refractivity contribution in [1.29, 1.82) is 0 Å². The standard InChI is InChI=1S/C20H25O3P/c1-20(2,3)17-14-15(11-13-19(21)22-4)10-12-18(17)23-24-16-8-6-5-7-9-16/h5-10,12,14,24H,11,13H2,1-4H3. The Morgan fingerprint density at radius 2 is 1.79 bits per heavy atom. The van der Waals surface area contributed by atoms with Crippen LogP contribution in [0.15, 0.2) is 48.5 Å². The quantitative estimate of drug-likeness (QED) is 0.576. The third-order valence-electron chi connectivity index (χ3n) is 3.75. The molecule has 128 valence electrons. The Labute approximate surface area is 146 Å². The Balaban J connectivity index is 2.16. The van der Waals surface area contributed by atoms with Crippen molar-refractivity contribution in [3.05, 3.63) is 59.7 Å². The number of carbonyl (C=O) groups is 1. The number of ether oxygens (including phenoxy) is 1. The Morgan fingerprint density at radius 3 is 2.42 bits per heavy atom. The van der Waals surface area contributed by atoms with E-state index in [1.807, 2.05) is 30.3 Å². The van der Waals surface area contributed by atoms with E-state index in [0.29, 0.717) is 12.8 Å². The molecule has 0 saturated carbocycles. The van der Waals surface area contributed by atoms with Gasteiger partial charge in [-0.1, -0.05) is 63.2 Å². The van der Waals surface area contributed by atoms with Crippen molar-refractivity contribution in [3.63, 3.8) is 0 Å². The highest BCUT2D eigenvalue weighted by Gasteiger charge is 2.20. The van der Waals surface area contributed by atoms with Gasteiger partial charge in [0.1, 0.15) is 14.6 Å². The van der Waals surface area contributed by atoms with Gasteiger partial charge >= 0.3 is 5.97 Å². The van der Waals surface area contributed by atoms with Crippen LogP contribution in [0.3, 0.4) is 0 Å². The molecule has 0 spiro atoms. The third-order valence-corrected chi connectivity index (χ3v) is 4.64. The smallest absolute Gasteiger partial charge is 0.305 e. The molecule has 0 aliphatic rings. The molecule has 4 heteroatoms. The molecule has 0 N–H and O–H groups in total. The number of carbonyl (C=O) groups excluding carboxylic acids is 1. The number of esters is 1. The Morgan fingerprint density at radius 1 is 1.08 bits per heavy atom. The normalized spacial score (nSPS) is 11.7. The molecule has 0 radical (unpaired) electrons. The van der Waals surface area contributed by atoms with E-state index in [-0.39, 0.29) is 20.2 Å². The van der Waals surface area contributed by atoms with E-state index in [1.54, 1.807) is 0 Å². The lowest BCUT2D eigenvalue weighted by Crippen LogP contribution is -2.13. The van der Waals surface area contributed by atoms with Crippen molar-refractivity contribution >= 4 is 20.1 Å². The lowest BCUT2D eigenvalue weighted by atomic mass is 9.85. The first-order chi connectivity index (χ1) is 11.4. The van der Waals surface area contributed by atoms with E-state index < -0.39 is 0 Å². The SMILES string of the molecule is COC(=O)CCc1ccc(OPc2ccccc2)c(C(C)(C)C)c1. The molecule has 0 saturated heterocycles. The first-order valence-corrected chi connectivity index (χ1v) is 8.99. The lowest BCUT2D eigenvalue weighted by Gasteiger charge is -2.23. The van der Waals surface area contributed by atoms with E-state index in [4.69, 9.17) is 9.26 Å². The van der Waals surface area contributed by atoms with Crippen molar-refractivity contribution < 1.29 is 14.1 Å². The van der Waals surface area contributed by atoms with Crippen LogP contribution in [0.2, 0.25) is 0 Å². The third kappa shape index (κ3) is 5.35. The molecule has 1 unspecified atom stereocenters. The van der Waals surface area contributed by atoms with Gasteiger partial charge in [-0.15, -0.1) is 0 Å². The van der Waals surface area contributed by atoms with Gasteiger partial charge in [-0.05, 0) is 23.5 Å². The second-order valence-corrected chi connectivity index (χ2v) is 7.71. The van der Waals surface area contributed by atoms with Gasteiger partial charge in [0.15, 0.2) is 0 Å². The van der Waals surface area contributed by atoms with Crippen LogP contribution in [-0.4, -0.2) is 13.1 Å². The van der Waals surface area contributed by atoms with Crippen LogP contribution in [0, 0.1) is 0 Å². The van der Waals surface area contributed by atoms with Crippen molar-refractivity contribution in [1.82, 2.24) is 0 Å². The largest absolute Gasteiger partial charge is 0.472 e. The monoisotopic (exact) mass is 344 g/mol. The van der Waals surface area contributed by atoms with Crippen LogP contribution in [0.1, 0.15) is 38.3 Å². The minimum atomic E-state index is -0.182. The van der Waals surface area contributed by atoms with Gasteiger partial charge in [0.05, 0.1) is 7.11 Å². The maximum absolute atomic E-state index is 11.3. The fraction of sp³-hybridized carbons (Fsp3) is 0.350. The average Bonchev–Trinajstić information content (AvgIpc) is 2.58. The highest BCUT2D eigenvalue weighted by Crippen LogP contribution is 2.35. The van der Waals surface area contributed by atoms with Gasteiger partial charge in [-0.3, -0.25) is 4.79 Å². The van der Waals surface area contributed by atoms with Crippen molar-refractivity contribution in [3.8, 4) is 5.75 Å². The van der Waals surface area contributed by atoms with Crippen LogP contribution >= 0.6 is 8.81 Å². The lowest BCUT2D eigenvalue weighted by molar-refractivity contribution is -0.140. The first kappa shape index (κ1) is 18.5. The topological polar surface area (TPSA) is 35.5 Å². The van der Waals surface area contributed by atoms with E-state index >= 15 is 0 Å². The highest BCUT2D eigenvalue weighted by atomic mass is 31.1. The molecule has 0 fully saturated rings. The maximum Gasteiger partial charge on any atom is 0.305 e. The summed E-state index contributed by atoms with van der Waals surface area (Å²) in [5, 5.41) is 1.17. The predicted molar refractivity (Wildman–Crippen MR) is 100 cm³/mol. The van der Waals surface area contributed by atoms with Crippen LogP contribution in [-0.2, 0) is 21.4 Å². The summed E-state index contributed by atoms with van der Waals surface area (Å²) in [6, 6.07) is 16.4. The van der Waals surface area contributed by atoms with Crippen LogP contribution < -0.4 is 9.83 Å². The minimum absolute atomic E-state index is 0.0300. The van der Waals surface area contributed by atoms with E-state index in [9.17, 15) is 4.79 Å².